The van der Waals surface area contributed by atoms with Crippen LogP contribution >= 0.6 is 0 Å². The van der Waals surface area contributed by atoms with Gasteiger partial charge in [0.2, 0.25) is 35.4 Å². The fraction of sp³-hybridized carbons (Fsp3) is 0.514. The number of amides is 6. The van der Waals surface area contributed by atoms with E-state index in [0.717, 1.165) is 0 Å². The molecule has 0 bridgehead atoms. The maximum atomic E-state index is 13.9. The van der Waals surface area contributed by atoms with Gasteiger partial charge in [0.15, 0.2) is 11.9 Å². The highest BCUT2D eigenvalue weighted by Gasteiger charge is 2.34. The molecule has 6 amide bonds. The number of phenols is 1. The fourth-order valence-corrected chi connectivity index (χ4v) is 5.75. The van der Waals surface area contributed by atoms with Gasteiger partial charge in [-0.15, -0.1) is 0 Å². The number of carboxylic acid groups (broad SMARTS) is 1. The highest BCUT2D eigenvalue weighted by molar-refractivity contribution is 5.97. The summed E-state index contributed by atoms with van der Waals surface area (Å²) in [6.07, 6.45) is 2.80. The number of guanidine groups is 2. The molecule has 1 aromatic carbocycles. The summed E-state index contributed by atoms with van der Waals surface area (Å²) in [5, 5.41) is 44.3. The van der Waals surface area contributed by atoms with Gasteiger partial charge >= 0.3 is 5.97 Å². The van der Waals surface area contributed by atoms with E-state index in [2.05, 4.69) is 51.9 Å². The van der Waals surface area contributed by atoms with Crippen LogP contribution in [0.2, 0.25) is 0 Å². The Bertz CT molecular complexity index is 1850. The predicted octanol–water partition coefficient (Wildman–Crippen LogP) is -5.39. The standard InChI is InChI=1S/C37H59N15O10/c1-19(2)29(52-32(58)25(14-21-16-43-18-46-21)49-30(56)23(47-28(55)15-38)5-3-11-44-36(39)40)34(60)48-24(6-4-12-45-37(41)42)31(57)51-27(17-53)33(59)50-26(35(61)62)13-20-7-9-22(54)10-8-20/h7-10,16,18-19,23-27,29,53-54H,3-6,11-15,17,38H2,1-2H3,(H,43,46)(H,47,55)(H,48,60)(H,49,56)(H,50,59)(H,51,57)(H,52,58)(H,61,62)(H4,39,40,44)(H4,41,42,45). The molecule has 0 saturated heterocycles. The second-order valence-corrected chi connectivity index (χ2v) is 14.4. The van der Waals surface area contributed by atoms with E-state index < -0.39 is 96.7 Å². The molecule has 25 heteroatoms. The maximum absolute atomic E-state index is 13.9. The second kappa shape index (κ2) is 26.2. The number of aromatic hydroxyl groups is 1. The van der Waals surface area contributed by atoms with Gasteiger partial charge < -0.3 is 80.9 Å². The molecule has 62 heavy (non-hydrogen) atoms. The Kier molecular flexibility index (Phi) is 21.6. The van der Waals surface area contributed by atoms with E-state index in [1.54, 1.807) is 13.8 Å². The first kappa shape index (κ1) is 51.1. The summed E-state index contributed by atoms with van der Waals surface area (Å²) in [6, 6.07) is -2.78. The van der Waals surface area contributed by atoms with Crippen LogP contribution in [-0.2, 0) is 46.4 Å². The predicted molar refractivity (Wildman–Crippen MR) is 224 cm³/mol. The number of hydrogen-bond donors (Lipinski definition) is 15. The summed E-state index contributed by atoms with van der Waals surface area (Å²) in [7, 11) is 0. The highest BCUT2D eigenvalue weighted by Crippen LogP contribution is 2.12. The molecule has 1 aromatic heterocycles. The summed E-state index contributed by atoms with van der Waals surface area (Å²) >= 11 is 0. The van der Waals surface area contributed by atoms with Crippen molar-refractivity contribution in [3.05, 3.63) is 48.0 Å². The van der Waals surface area contributed by atoms with Crippen molar-refractivity contribution in [1.82, 2.24) is 41.9 Å². The van der Waals surface area contributed by atoms with Crippen LogP contribution in [0.25, 0.3) is 0 Å². The third-order valence-electron chi connectivity index (χ3n) is 9.03. The molecule has 6 unspecified atom stereocenters. The Balaban J connectivity index is 2.31. The summed E-state index contributed by atoms with van der Waals surface area (Å²) in [4.78, 5) is 107. The number of nitrogens with two attached hydrogens (primary N) is 5. The maximum Gasteiger partial charge on any atom is 0.326 e. The Morgan fingerprint density at radius 3 is 1.68 bits per heavy atom. The Labute approximate surface area is 356 Å². The number of carbonyl (C=O) groups excluding carboxylic acids is 6. The topological polar surface area (TPSA) is 436 Å². The number of aromatic amines is 1. The molecule has 0 spiro atoms. The van der Waals surface area contributed by atoms with Crippen molar-refractivity contribution in [2.45, 2.75) is 88.6 Å². The average Bonchev–Trinajstić information content (AvgIpc) is 3.73. The molecule has 2 rings (SSSR count). The number of carbonyl (C=O) groups is 7. The van der Waals surface area contributed by atoms with Crippen LogP contribution in [0, 0.1) is 5.92 Å². The SMILES string of the molecule is CC(C)C(NC(=O)C(Cc1cnc[nH]1)NC(=O)C(CCCN=C(N)N)NC(=O)CN)C(=O)NC(CCCN=C(N)N)C(=O)NC(CO)C(=O)NC(Cc1ccc(O)cc1)C(=O)O. The number of H-pyrrole nitrogens is 1. The lowest BCUT2D eigenvalue weighted by Gasteiger charge is -2.28. The zero-order valence-electron chi connectivity index (χ0n) is 34.5. The van der Waals surface area contributed by atoms with Crippen LogP contribution < -0.4 is 60.6 Å². The largest absolute Gasteiger partial charge is 0.508 e. The number of aliphatic carboxylic acids is 1. The van der Waals surface area contributed by atoms with Crippen molar-refractivity contribution >= 4 is 53.3 Å². The number of aliphatic hydroxyl groups excluding tert-OH is 1. The van der Waals surface area contributed by atoms with Gasteiger partial charge in [0.25, 0.3) is 0 Å². The minimum absolute atomic E-state index is 0.0315. The van der Waals surface area contributed by atoms with Crippen LogP contribution in [0.1, 0.15) is 50.8 Å². The molecule has 25 nitrogen and oxygen atoms in total. The third-order valence-corrected chi connectivity index (χ3v) is 9.03. The lowest BCUT2D eigenvalue weighted by atomic mass is 10.0. The molecule has 2 aromatic rings. The lowest BCUT2D eigenvalue weighted by molar-refractivity contribution is -0.142. The van der Waals surface area contributed by atoms with Gasteiger partial charge in [0, 0.05) is 37.8 Å². The minimum Gasteiger partial charge on any atom is -0.508 e. The molecule has 0 aliphatic heterocycles. The highest BCUT2D eigenvalue weighted by atomic mass is 16.4. The molecular formula is C37H59N15O10. The number of nitrogens with one attached hydrogen (secondary N) is 7. The first-order valence-electron chi connectivity index (χ1n) is 19.6. The van der Waals surface area contributed by atoms with E-state index in [1.807, 2.05) is 0 Å². The first-order valence-corrected chi connectivity index (χ1v) is 19.6. The van der Waals surface area contributed by atoms with Gasteiger partial charge in [-0.25, -0.2) is 9.78 Å². The van der Waals surface area contributed by atoms with Crippen molar-refractivity contribution in [2.24, 2.45) is 44.6 Å². The number of rotatable bonds is 27. The van der Waals surface area contributed by atoms with Gasteiger partial charge in [-0.05, 0) is 49.3 Å². The van der Waals surface area contributed by atoms with Crippen molar-refractivity contribution < 1.29 is 48.9 Å². The number of hydrogen-bond acceptors (Lipinski definition) is 13. The number of aliphatic imine (C=N–C) groups is 2. The van der Waals surface area contributed by atoms with Gasteiger partial charge in [-0.3, -0.25) is 38.8 Å². The Morgan fingerprint density at radius 1 is 0.694 bits per heavy atom. The minimum atomic E-state index is -1.67. The molecule has 0 saturated carbocycles. The summed E-state index contributed by atoms with van der Waals surface area (Å²) in [6.45, 7) is 2.01. The first-order chi connectivity index (χ1) is 29.3. The van der Waals surface area contributed by atoms with E-state index >= 15 is 0 Å². The molecule has 0 radical (unpaired) electrons. The normalized spacial score (nSPS) is 13.8. The van der Waals surface area contributed by atoms with E-state index in [1.165, 1.54) is 36.8 Å². The molecule has 342 valence electrons. The number of nitrogens with zero attached hydrogens (tertiary/aromatic N) is 3. The zero-order chi connectivity index (χ0) is 46.4. The number of aromatic nitrogens is 2. The Hall–Kier alpha value is -7.02. The van der Waals surface area contributed by atoms with Crippen molar-refractivity contribution in [3.8, 4) is 5.75 Å². The van der Waals surface area contributed by atoms with Crippen LogP contribution in [0.3, 0.4) is 0 Å². The van der Waals surface area contributed by atoms with Gasteiger partial charge in [0.1, 0.15) is 42.0 Å². The molecule has 6 atom stereocenters. The van der Waals surface area contributed by atoms with Crippen molar-refractivity contribution in [2.75, 3.05) is 26.2 Å². The van der Waals surface area contributed by atoms with Crippen LogP contribution in [0.4, 0.5) is 0 Å². The van der Waals surface area contributed by atoms with Crippen LogP contribution in [0.5, 0.6) is 5.75 Å². The smallest absolute Gasteiger partial charge is 0.326 e. The van der Waals surface area contributed by atoms with Crippen LogP contribution in [0.15, 0.2) is 46.8 Å². The van der Waals surface area contributed by atoms with Gasteiger partial charge in [0.05, 0.1) is 19.5 Å². The van der Waals surface area contributed by atoms with E-state index in [4.69, 9.17) is 28.7 Å². The average molecular weight is 874 g/mol. The number of benzene rings is 1. The van der Waals surface area contributed by atoms with Crippen molar-refractivity contribution in [1.29, 1.82) is 0 Å². The molecular weight excluding hydrogens is 815 g/mol. The number of imidazole rings is 1. The van der Waals surface area contributed by atoms with Crippen molar-refractivity contribution in [3.63, 3.8) is 0 Å². The lowest BCUT2D eigenvalue weighted by Crippen LogP contribution is -2.61. The van der Waals surface area contributed by atoms with E-state index in [9.17, 15) is 48.9 Å². The number of aliphatic hydroxyl groups is 1. The number of carboxylic acids is 1. The number of phenolic OH excluding ortho intramolecular Hbond substituents is 1. The van der Waals surface area contributed by atoms with Gasteiger partial charge in [-0.2, -0.15) is 0 Å². The van der Waals surface area contributed by atoms with Crippen LogP contribution in [-0.4, -0.2) is 141 Å². The van der Waals surface area contributed by atoms with E-state index in [0.29, 0.717) is 11.3 Å². The van der Waals surface area contributed by atoms with E-state index in [-0.39, 0.29) is 69.3 Å². The monoisotopic (exact) mass is 873 g/mol. The third kappa shape index (κ3) is 18.5. The Morgan fingerprint density at radius 2 is 1.19 bits per heavy atom. The summed E-state index contributed by atoms with van der Waals surface area (Å²) < 4.78 is 0. The molecule has 1 heterocycles. The zero-order valence-corrected chi connectivity index (χ0v) is 34.5. The molecule has 20 N–H and O–H groups in total. The van der Waals surface area contributed by atoms with Gasteiger partial charge in [-0.1, -0.05) is 26.0 Å². The quantitative estimate of drug-likeness (QED) is 0.0226. The summed E-state index contributed by atoms with van der Waals surface area (Å²) in [5.41, 5.74) is 28.0. The molecule has 0 aliphatic carbocycles. The molecule has 0 aliphatic rings. The summed E-state index contributed by atoms with van der Waals surface area (Å²) in [5.74, 6) is -7.54. The molecule has 0 fully saturated rings. The second-order valence-electron chi connectivity index (χ2n) is 14.4. The fourth-order valence-electron chi connectivity index (χ4n) is 5.75.